The predicted molar refractivity (Wildman–Crippen MR) is 114 cm³/mol. The number of hydrogen-bond donors (Lipinski definition) is 2. The van der Waals surface area contributed by atoms with Crippen LogP contribution in [0.1, 0.15) is 22.8 Å². The zero-order valence-electron chi connectivity index (χ0n) is 14.2. The van der Waals surface area contributed by atoms with E-state index in [1.807, 2.05) is 48.3 Å². The lowest BCUT2D eigenvalue weighted by molar-refractivity contribution is 1.28. The summed E-state index contributed by atoms with van der Waals surface area (Å²) >= 11 is 2.94. The van der Waals surface area contributed by atoms with Crippen molar-refractivity contribution >= 4 is 62.3 Å². The Morgan fingerprint density at radius 3 is 1.31 bits per heavy atom. The Labute approximate surface area is 159 Å². The van der Waals surface area contributed by atoms with Gasteiger partial charge in [-0.3, -0.25) is 0 Å². The number of halogens is 1. The number of aromatic nitrogens is 4. The van der Waals surface area contributed by atoms with Gasteiger partial charge in [-0.1, -0.05) is 15.9 Å². The molecule has 3 aromatic rings. The van der Waals surface area contributed by atoms with Crippen LogP contribution in [0.3, 0.4) is 0 Å². The molecule has 0 amide bonds. The van der Waals surface area contributed by atoms with E-state index in [1.54, 1.807) is 0 Å². The molecule has 5 rings (SSSR count). The summed E-state index contributed by atoms with van der Waals surface area (Å²) in [6.45, 7) is 0. The Balaban J connectivity index is 0.000000814. The maximum Gasteiger partial charge on any atom is 0.0659 e. The third-order valence-corrected chi connectivity index (χ3v) is 4.04. The highest BCUT2D eigenvalue weighted by molar-refractivity contribution is 9.08. The maximum absolute atomic E-state index is 4.62. The van der Waals surface area contributed by atoms with Gasteiger partial charge in [0.05, 0.1) is 22.8 Å². The maximum atomic E-state index is 4.62. The summed E-state index contributed by atoms with van der Waals surface area (Å²) in [4.78, 5) is 16.0. The van der Waals surface area contributed by atoms with Crippen LogP contribution in [-0.2, 0) is 0 Å². The zero-order valence-corrected chi connectivity index (χ0v) is 15.8. The Kier molecular flexibility index (Phi) is 4.54. The summed E-state index contributed by atoms with van der Waals surface area (Å²) in [6, 6.07) is 16.4. The first-order chi connectivity index (χ1) is 12.8. The van der Waals surface area contributed by atoms with E-state index in [4.69, 9.17) is 0 Å². The van der Waals surface area contributed by atoms with Gasteiger partial charge in [-0.05, 0) is 78.7 Å². The fraction of sp³-hybridized carbons (Fsp3) is 0.0476. The van der Waals surface area contributed by atoms with E-state index in [0.29, 0.717) is 0 Å². The molecule has 0 radical (unpaired) electrons. The molecule has 0 atom stereocenters. The third-order valence-electron chi connectivity index (χ3n) is 4.04. The van der Waals surface area contributed by atoms with E-state index in [1.165, 1.54) is 0 Å². The largest absolute Gasteiger partial charge is 0.355 e. The van der Waals surface area contributed by atoms with Crippen LogP contribution in [0, 0.1) is 0 Å². The molecule has 26 heavy (non-hydrogen) atoms. The molecule has 8 bridgehead atoms. The lowest BCUT2D eigenvalue weighted by Crippen LogP contribution is -1.77. The number of hydrogen-bond acceptors (Lipinski definition) is 2. The highest BCUT2D eigenvalue weighted by atomic mass is 79.9. The minimum Gasteiger partial charge on any atom is -0.355 e. The average molecular weight is 405 g/mol. The average Bonchev–Trinajstić information content (AvgIpc) is 3.42. The molecule has 2 aliphatic rings. The number of rotatable bonds is 0. The van der Waals surface area contributed by atoms with Crippen molar-refractivity contribution in [2.75, 3.05) is 5.83 Å². The van der Waals surface area contributed by atoms with Crippen LogP contribution in [0.4, 0.5) is 0 Å². The number of alkyl halides is 1. The molecule has 3 aromatic heterocycles. The second kappa shape index (κ2) is 7.14. The van der Waals surface area contributed by atoms with Crippen molar-refractivity contribution in [3.05, 3.63) is 71.3 Å². The van der Waals surface area contributed by atoms with Gasteiger partial charge in [0, 0.05) is 22.1 Å². The SMILES string of the molecule is C1=Cc2cc3ccc(cc4ccc(cc5nc(cc1n2)C=C5)[nH]4)[nH]3.CBr. The Morgan fingerprint density at radius 1 is 0.538 bits per heavy atom. The lowest BCUT2D eigenvalue weighted by atomic mass is 10.3. The normalized spacial score (nSPS) is 11.9. The minimum absolute atomic E-state index is 0.915. The van der Waals surface area contributed by atoms with Crippen LogP contribution < -0.4 is 0 Å². The number of fused-ring (bicyclic) bond motifs is 8. The van der Waals surface area contributed by atoms with Crippen molar-refractivity contribution in [1.82, 2.24) is 19.9 Å². The zero-order chi connectivity index (χ0) is 17.9. The van der Waals surface area contributed by atoms with E-state index in [0.717, 1.165) is 44.8 Å². The van der Waals surface area contributed by atoms with Crippen LogP contribution in [0.2, 0.25) is 0 Å². The fourth-order valence-electron chi connectivity index (χ4n) is 2.94. The first-order valence-electron chi connectivity index (χ1n) is 8.22. The summed E-state index contributed by atoms with van der Waals surface area (Å²) in [5.74, 6) is 1.81. The molecular formula is C21H17BrN4. The molecule has 2 aliphatic heterocycles. The highest BCUT2D eigenvalue weighted by Gasteiger charge is 2.02. The molecule has 0 saturated heterocycles. The van der Waals surface area contributed by atoms with Crippen molar-refractivity contribution in [2.24, 2.45) is 0 Å². The number of nitrogens with one attached hydrogen (secondary N) is 2. The molecule has 4 nitrogen and oxygen atoms in total. The summed E-state index contributed by atoms with van der Waals surface area (Å²) in [7, 11) is 0. The molecule has 0 fully saturated rings. The van der Waals surface area contributed by atoms with Gasteiger partial charge < -0.3 is 9.97 Å². The van der Waals surface area contributed by atoms with E-state index >= 15 is 0 Å². The van der Waals surface area contributed by atoms with E-state index in [-0.39, 0.29) is 0 Å². The van der Waals surface area contributed by atoms with E-state index in [2.05, 4.69) is 66.2 Å². The Bertz CT molecular complexity index is 1080. The summed E-state index contributed by atoms with van der Waals surface area (Å²) in [5, 5.41) is 0. The standard InChI is InChI=1S/C20H14N4.CH3Br/c1-2-14-10-16-5-6-18(23-16)12-20-8-7-19(24-20)11-17-4-3-15(22-17)9-13(1)21-14;1-2/h1-12,21-22H;1H3. The third kappa shape index (κ3) is 3.53. The number of aromatic amines is 2. The molecular weight excluding hydrogens is 388 g/mol. The van der Waals surface area contributed by atoms with Crippen LogP contribution >= 0.6 is 15.9 Å². The lowest BCUT2D eigenvalue weighted by Gasteiger charge is -1.86. The Morgan fingerprint density at radius 2 is 0.885 bits per heavy atom. The second-order valence-corrected chi connectivity index (χ2v) is 5.91. The van der Waals surface area contributed by atoms with Crippen LogP contribution in [0.5, 0.6) is 0 Å². The van der Waals surface area contributed by atoms with Gasteiger partial charge in [-0.25, -0.2) is 9.97 Å². The molecule has 128 valence electrons. The van der Waals surface area contributed by atoms with Gasteiger partial charge in [0.15, 0.2) is 0 Å². The van der Waals surface area contributed by atoms with Gasteiger partial charge in [-0.15, -0.1) is 0 Å². The van der Waals surface area contributed by atoms with Crippen molar-refractivity contribution in [1.29, 1.82) is 0 Å². The monoisotopic (exact) mass is 404 g/mol. The molecule has 0 saturated carbocycles. The van der Waals surface area contributed by atoms with Gasteiger partial charge in [0.25, 0.3) is 0 Å². The van der Waals surface area contributed by atoms with Gasteiger partial charge >= 0.3 is 0 Å². The van der Waals surface area contributed by atoms with Crippen molar-refractivity contribution in [2.45, 2.75) is 0 Å². The van der Waals surface area contributed by atoms with E-state index in [9.17, 15) is 0 Å². The highest BCUT2D eigenvalue weighted by Crippen LogP contribution is 2.17. The van der Waals surface area contributed by atoms with Crippen molar-refractivity contribution in [3.8, 4) is 0 Å². The summed E-state index contributed by atoms with van der Waals surface area (Å²) < 4.78 is 0. The van der Waals surface area contributed by atoms with Crippen LogP contribution in [0.25, 0.3) is 46.4 Å². The molecule has 0 spiro atoms. The van der Waals surface area contributed by atoms with E-state index < -0.39 is 0 Å². The predicted octanol–water partition coefficient (Wildman–Crippen LogP) is 5.67. The number of H-pyrrole nitrogens is 2. The summed E-state index contributed by atoms with van der Waals surface area (Å²) in [6.07, 6.45) is 8.05. The first-order valence-corrected chi connectivity index (χ1v) is 9.81. The van der Waals surface area contributed by atoms with Crippen LogP contribution in [-0.4, -0.2) is 25.8 Å². The number of nitrogens with zero attached hydrogens (tertiary/aromatic N) is 2. The molecule has 5 heterocycles. The molecule has 0 aromatic carbocycles. The molecule has 5 heteroatoms. The fourth-order valence-corrected chi connectivity index (χ4v) is 2.94. The second-order valence-electron chi connectivity index (χ2n) is 5.91. The van der Waals surface area contributed by atoms with Gasteiger partial charge in [0.1, 0.15) is 0 Å². The minimum atomic E-state index is 0.915. The van der Waals surface area contributed by atoms with Crippen molar-refractivity contribution in [3.63, 3.8) is 0 Å². The van der Waals surface area contributed by atoms with Crippen molar-refractivity contribution < 1.29 is 0 Å². The first kappa shape index (κ1) is 16.5. The van der Waals surface area contributed by atoms with Crippen LogP contribution in [0.15, 0.2) is 48.5 Å². The quantitative estimate of drug-likeness (QED) is 0.326. The Hall–Kier alpha value is -2.92. The molecule has 0 aliphatic carbocycles. The smallest absolute Gasteiger partial charge is 0.0659 e. The topological polar surface area (TPSA) is 57.4 Å². The molecule has 0 unspecified atom stereocenters. The van der Waals surface area contributed by atoms with Gasteiger partial charge in [-0.2, -0.15) is 0 Å². The summed E-state index contributed by atoms with van der Waals surface area (Å²) in [5.41, 5.74) is 7.86. The van der Waals surface area contributed by atoms with Gasteiger partial charge in [0.2, 0.25) is 0 Å². The molecule has 2 N–H and O–H groups in total.